The molecule has 1 rings (SSSR count). The predicted molar refractivity (Wildman–Crippen MR) is 60.2 cm³/mol. The molecular weight excluding hydrogens is 198 g/mol. The van der Waals surface area contributed by atoms with Crippen LogP contribution in [0, 0.1) is 13.8 Å². The van der Waals surface area contributed by atoms with Gasteiger partial charge in [-0.3, -0.25) is 0 Å². The molecule has 0 saturated heterocycles. The van der Waals surface area contributed by atoms with Crippen LogP contribution < -0.4 is 5.32 Å². The molecule has 0 aliphatic rings. The van der Waals surface area contributed by atoms with Crippen LogP contribution in [0.15, 0.2) is 6.07 Å². The van der Waals surface area contributed by atoms with Gasteiger partial charge in [0.1, 0.15) is 5.75 Å². The van der Waals surface area contributed by atoms with E-state index >= 15 is 0 Å². The van der Waals surface area contributed by atoms with Crippen LogP contribution >= 0.6 is 11.6 Å². The molecule has 0 aliphatic carbocycles. The molecule has 0 aliphatic heterocycles. The first-order valence-electron chi connectivity index (χ1n) is 4.70. The number of hydrogen-bond acceptors (Lipinski definition) is 2. The lowest BCUT2D eigenvalue weighted by atomic mass is 10.0. The van der Waals surface area contributed by atoms with Crippen LogP contribution in [0.25, 0.3) is 0 Å². The van der Waals surface area contributed by atoms with Crippen molar-refractivity contribution in [1.82, 2.24) is 5.32 Å². The van der Waals surface area contributed by atoms with Crippen molar-refractivity contribution in [2.75, 3.05) is 13.6 Å². The molecule has 1 aromatic rings. The van der Waals surface area contributed by atoms with E-state index in [2.05, 4.69) is 5.32 Å². The minimum absolute atomic E-state index is 0.377. The van der Waals surface area contributed by atoms with E-state index in [1.165, 1.54) is 0 Å². The van der Waals surface area contributed by atoms with Crippen LogP contribution in [0.2, 0.25) is 5.02 Å². The topological polar surface area (TPSA) is 32.3 Å². The van der Waals surface area contributed by atoms with E-state index in [-0.39, 0.29) is 0 Å². The van der Waals surface area contributed by atoms with Crippen molar-refractivity contribution in [3.8, 4) is 5.75 Å². The van der Waals surface area contributed by atoms with Crippen LogP contribution in [-0.2, 0) is 6.42 Å². The maximum absolute atomic E-state index is 9.84. The highest BCUT2D eigenvalue weighted by Crippen LogP contribution is 2.31. The average molecular weight is 214 g/mol. The van der Waals surface area contributed by atoms with Crippen LogP contribution in [0.1, 0.15) is 16.7 Å². The SMILES string of the molecule is CNCCc1c(C)c(Cl)cc(C)c1O. The molecular formula is C11H16ClNO. The maximum Gasteiger partial charge on any atom is 0.122 e. The Bertz CT molecular complexity index is 310. The fourth-order valence-corrected chi connectivity index (χ4v) is 1.76. The zero-order chi connectivity index (χ0) is 10.7. The van der Waals surface area contributed by atoms with Crippen LogP contribution in [0.5, 0.6) is 5.75 Å². The van der Waals surface area contributed by atoms with Crippen molar-refractivity contribution in [1.29, 1.82) is 0 Å². The van der Waals surface area contributed by atoms with Gasteiger partial charge in [0.15, 0.2) is 0 Å². The normalized spacial score (nSPS) is 10.6. The smallest absolute Gasteiger partial charge is 0.122 e. The van der Waals surface area contributed by atoms with E-state index in [4.69, 9.17) is 11.6 Å². The Labute approximate surface area is 89.9 Å². The Morgan fingerprint density at radius 3 is 2.64 bits per heavy atom. The number of benzene rings is 1. The van der Waals surface area contributed by atoms with Gasteiger partial charge in [0.05, 0.1) is 0 Å². The Kier molecular flexibility index (Phi) is 3.78. The van der Waals surface area contributed by atoms with Gasteiger partial charge in [-0.15, -0.1) is 0 Å². The number of aromatic hydroxyl groups is 1. The number of aryl methyl sites for hydroxylation is 1. The Balaban J connectivity index is 3.11. The summed E-state index contributed by atoms with van der Waals surface area (Å²) < 4.78 is 0. The highest BCUT2D eigenvalue weighted by molar-refractivity contribution is 6.31. The number of likely N-dealkylation sites (N-methyl/N-ethyl adjacent to an activating group) is 1. The Hall–Kier alpha value is -0.730. The summed E-state index contributed by atoms with van der Waals surface area (Å²) in [5.41, 5.74) is 2.76. The van der Waals surface area contributed by atoms with Crippen LogP contribution in [0.3, 0.4) is 0 Å². The molecule has 3 heteroatoms. The van der Waals surface area contributed by atoms with Gasteiger partial charge in [-0.25, -0.2) is 0 Å². The first-order chi connectivity index (χ1) is 6.57. The van der Waals surface area contributed by atoms with E-state index in [1.807, 2.05) is 20.9 Å². The van der Waals surface area contributed by atoms with Gasteiger partial charge >= 0.3 is 0 Å². The van der Waals surface area contributed by atoms with E-state index in [1.54, 1.807) is 6.07 Å². The fraction of sp³-hybridized carbons (Fsp3) is 0.455. The van der Waals surface area contributed by atoms with Crippen molar-refractivity contribution < 1.29 is 5.11 Å². The van der Waals surface area contributed by atoms with E-state index < -0.39 is 0 Å². The molecule has 0 atom stereocenters. The highest BCUT2D eigenvalue weighted by Gasteiger charge is 2.10. The fourth-order valence-electron chi connectivity index (χ4n) is 1.48. The first kappa shape index (κ1) is 11.3. The summed E-state index contributed by atoms with van der Waals surface area (Å²) in [4.78, 5) is 0. The largest absolute Gasteiger partial charge is 0.507 e. The lowest BCUT2D eigenvalue weighted by molar-refractivity contribution is 0.462. The summed E-state index contributed by atoms with van der Waals surface area (Å²) in [5, 5.41) is 13.6. The molecule has 0 amide bonds. The summed E-state index contributed by atoms with van der Waals surface area (Å²) in [6.07, 6.45) is 0.801. The number of phenolic OH excluding ortho intramolecular Hbond substituents is 1. The molecule has 2 N–H and O–H groups in total. The van der Waals surface area contributed by atoms with Crippen molar-refractivity contribution in [3.05, 3.63) is 27.8 Å². The van der Waals surface area contributed by atoms with Gasteiger partial charge in [-0.05, 0) is 56.6 Å². The Morgan fingerprint density at radius 1 is 1.43 bits per heavy atom. The van der Waals surface area contributed by atoms with E-state index in [0.717, 1.165) is 34.7 Å². The van der Waals surface area contributed by atoms with Crippen molar-refractivity contribution in [3.63, 3.8) is 0 Å². The van der Waals surface area contributed by atoms with Gasteiger partial charge in [0.2, 0.25) is 0 Å². The molecule has 0 radical (unpaired) electrons. The molecule has 0 spiro atoms. The molecule has 0 heterocycles. The van der Waals surface area contributed by atoms with Gasteiger partial charge < -0.3 is 10.4 Å². The number of halogens is 1. The monoisotopic (exact) mass is 213 g/mol. The molecule has 78 valence electrons. The number of rotatable bonds is 3. The molecule has 1 aromatic carbocycles. The molecule has 0 saturated carbocycles. The third kappa shape index (κ3) is 2.20. The van der Waals surface area contributed by atoms with Gasteiger partial charge in [0, 0.05) is 5.02 Å². The summed E-state index contributed by atoms with van der Waals surface area (Å²) in [6, 6.07) is 1.80. The van der Waals surface area contributed by atoms with Gasteiger partial charge in [-0.1, -0.05) is 11.6 Å². The average Bonchev–Trinajstić information content (AvgIpc) is 2.15. The lowest BCUT2D eigenvalue weighted by Crippen LogP contribution is -2.11. The van der Waals surface area contributed by atoms with Crippen LogP contribution in [0.4, 0.5) is 0 Å². The molecule has 0 unspecified atom stereocenters. The highest BCUT2D eigenvalue weighted by atomic mass is 35.5. The van der Waals surface area contributed by atoms with E-state index in [9.17, 15) is 5.11 Å². The van der Waals surface area contributed by atoms with Crippen molar-refractivity contribution >= 4 is 11.6 Å². The third-order valence-electron chi connectivity index (χ3n) is 2.44. The second kappa shape index (κ2) is 4.67. The summed E-state index contributed by atoms with van der Waals surface area (Å²) in [6.45, 7) is 4.64. The third-order valence-corrected chi connectivity index (χ3v) is 2.83. The quantitative estimate of drug-likeness (QED) is 0.809. The number of hydrogen-bond donors (Lipinski definition) is 2. The first-order valence-corrected chi connectivity index (χ1v) is 5.08. The van der Waals surface area contributed by atoms with Crippen LogP contribution in [-0.4, -0.2) is 18.7 Å². The summed E-state index contributed by atoms with van der Waals surface area (Å²) >= 11 is 6.04. The molecule has 14 heavy (non-hydrogen) atoms. The standard InChI is InChI=1S/C11H16ClNO/c1-7-6-10(12)8(2)9(11(7)14)4-5-13-3/h6,13-14H,4-5H2,1-3H3. The lowest BCUT2D eigenvalue weighted by Gasteiger charge is -2.12. The van der Waals surface area contributed by atoms with Gasteiger partial charge in [0.25, 0.3) is 0 Å². The second-order valence-corrected chi connectivity index (χ2v) is 3.89. The maximum atomic E-state index is 9.84. The number of nitrogens with one attached hydrogen (secondary N) is 1. The summed E-state index contributed by atoms with van der Waals surface area (Å²) in [5.74, 6) is 0.377. The number of phenols is 1. The molecule has 0 aromatic heterocycles. The van der Waals surface area contributed by atoms with E-state index in [0.29, 0.717) is 5.75 Å². The minimum Gasteiger partial charge on any atom is -0.507 e. The summed E-state index contributed by atoms with van der Waals surface area (Å²) in [7, 11) is 1.89. The Morgan fingerprint density at radius 2 is 2.07 bits per heavy atom. The minimum atomic E-state index is 0.377. The second-order valence-electron chi connectivity index (χ2n) is 3.48. The predicted octanol–water partition coefficient (Wildman–Crippen LogP) is 2.42. The molecule has 0 fully saturated rings. The molecule has 0 bridgehead atoms. The van der Waals surface area contributed by atoms with Gasteiger partial charge in [-0.2, -0.15) is 0 Å². The zero-order valence-corrected chi connectivity index (χ0v) is 9.57. The zero-order valence-electron chi connectivity index (χ0n) is 8.82. The molecule has 2 nitrogen and oxygen atoms in total. The van der Waals surface area contributed by atoms with Crippen molar-refractivity contribution in [2.45, 2.75) is 20.3 Å². The van der Waals surface area contributed by atoms with Crippen molar-refractivity contribution in [2.24, 2.45) is 0 Å².